The molecule has 0 atom stereocenters. The number of rotatable bonds is 2. The molecule has 0 aromatic carbocycles. The van der Waals surface area contributed by atoms with Gasteiger partial charge in [0, 0.05) is 44.0 Å². The molecule has 1 saturated heterocycles. The number of carbonyl (C=O) groups is 1. The summed E-state index contributed by atoms with van der Waals surface area (Å²) in [5, 5.41) is 6.51. The molecule has 2 aromatic rings. The number of pyridine rings is 1. The highest BCUT2D eigenvalue weighted by atomic mass is 16.5. The van der Waals surface area contributed by atoms with Crippen molar-refractivity contribution >= 4 is 17.0 Å². The van der Waals surface area contributed by atoms with E-state index in [1.807, 2.05) is 18.3 Å². The second-order valence-corrected chi connectivity index (χ2v) is 4.49. The Morgan fingerprint density at radius 3 is 2.95 bits per heavy atom. The lowest BCUT2D eigenvalue weighted by molar-refractivity contribution is 0.0600. The number of hydrogen-bond acceptors (Lipinski definition) is 5. The van der Waals surface area contributed by atoms with E-state index in [0.717, 1.165) is 37.2 Å². The summed E-state index contributed by atoms with van der Waals surface area (Å²) >= 11 is 0. The summed E-state index contributed by atoms with van der Waals surface area (Å²) in [6, 6.07) is 3.78. The number of nitrogens with one attached hydrogen (secondary N) is 1. The summed E-state index contributed by atoms with van der Waals surface area (Å²) in [5.74, 6) is -0.357. The van der Waals surface area contributed by atoms with Crippen molar-refractivity contribution in [1.29, 1.82) is 0 Å². The number of carbonyl (C=O) groups excluding carboxylic acids is 1. The van der Waals surface area contributed by atoms with Crippen LogP contribution < -0.4 is 10.3 Å². The zero-order valence-corrected chi connectivity index (χ0v) is 10.8. The molecule has 0 spiro atoms. The fourth-order valence-corrected chi connectivity index (χ4v) is 2.34. The molecule has 0 amide bonds. The molecule has 0 bridgehead atoms. The molecule has 1 aliphatic rings. The lowest BCUT2D eigenvalue weighted by Gasteiger charge is -2.30. The van der Waals surface area contributed by atoms with E-state index >= 15 is 0 Å². The maximum Gasteiger partial charge on any atom is 0.339 e. The Morgan fingerprint density at radius 1 is 1.42 bits per heavy atom. The van der Waals surface area contributed by atoms with Crippen LogP contribution in [-0.2, 0) is 4.74 Å². The molecule has 6 nitrogen and oxygen atoms in total. The second-order valence-electron chi connectivity index (χ2n) is 4.49. The van der Waals surface area contributed by atoms with Crippen molar-refractivity contribution in [2.75, 3.05) is 38.3 Å². The molecular formula is C13H16N4O2. The summed E-state index contributed by atoms with van der Waals surface area (Å²) in [6.45, 7) is 3.84. The van der Waals surface area contributed by atoms with Crippen molar-refractivity contribution in [2.45, 2.75) is 0 Å². The predicted molar refractivity (Wildman–Crippen MR) is 71.9 cm³/mol. The number of nitrogens with zero attached hydrogens (tertiary/aromatic N) is 3. The van der Waals surface area contributed by atoms with Crippen LogP contribution in [0.25, 0.3) is 11.0 Å². The Morgan fingerprint density at radius 2 is 2.21 bits per heavy atom. The highest BCUT2D eigenvalue weighted by molar-refractivity contribution is 5.93. The third-order valence-electron chi connectivity index (χ3n) is 3.33. The summed E-state index contributed by atoms with van der Waals surface area (Å²) in [7, 11) is 1.37. The molecule has 1 fully saturated rings. The van der Waals surface area contributed by atoms with Gasteiger partial charge in [-0.25, -0.2) is 14.5 Å². The van der Waals surface area contributed by atoms with Gasteiger partial charge >= 0.3 is 5.97 Å². The highest BCUT2D eigenvalue weighted by Gasteiger charge is 2.14. The molecular weight excluding hydrogens is 244 g/mol. The standard InChI is InChI=1S/C13H16N4O2/c1-19-13(18)11-8-10-2-5-17(12(10)15-9-11)16-6-3-14-4-7-16/h2,5,8-9,14H,3-4,6-7H2,1H3. The average Bonchev–Trinajstić information content (AvgIpc) is 2.90. The Bertz CT molecular complexity index is 602. The van der Waals surface area contributed by atoms with E-state index in [2.05, 4.69) is 20.0 Å². The van der Waals surface area contributed by atoms with Gasteiger partial charge in [-0.1, -0.05) is 0 Å². The van der Waals surface area contributed by atoms with Gasteiger partial charge in [0.05, 0.1) is 12.7 Å². The van der Waals surface area contributed by atoms with Crippen molar-refractivity contribution in [2.24, 2.45) is 0 Å². The largest absolute Gasteiger partial charge is 0.465 e. The first-order valence-electron chi connectivity index (χ1n) is 6.31. The number of fused-ring (bicyclic) bond motifs is 1. The first-order valence-corrected chi connectivity index (χ1v) is 6.31. The molecule has 3 rings (SSSR count). The lowest BCUT2D eigenvalue weighted by atomic mass is 10.2. The smallest absolute Gasteiger partial charge is 0.339 e. The van der Waals surface area contributed by atoms with Gasteiger partial charge < -0.3 is 15.1 Å². The molecule has 6 heteroatoms. The quantitative estimate of drug-likeness (QED) is 0.790. The van der Waals surface area contributed by atoms with Crippen molar-refractivity contribution in [3.8, 4) is 0 Å². The second kappa shape index (κ2) is 4.89. The Kier molecular flexibility index (Phi) is 3.08. The van der Waals surface area contributed by atoms with Crippen LogP contribution >= 0.6 is 0 Å². The molecule has 19 heavy (non-hydrogen) atoms. The van der Waals surface area contributed by atoms with Gasteiger partial charge in [0.25, 0.3) is 0 Å². The number of piperazine rings is 1. The predicted octanol–water partition coefficient (Wildman–Crippen LogP) is 0.364. The molecule has 0 unspecified atom stereocenters. The zero-order valence-electron chi connectivity index (χ0n) is 10.8. The topological polar surface area (TPSA) is 59.4 Å². The number of methoxy groups -OCH3 is 1. The minimum atomic E-state index is -0.357. The summed E-state index contributed by atoms with van der Waals surface area (Å²) in [6.07, 6.45) is 3.55. The fraction of sp³-hybridized carbons (Fsp3) is 0.385. The van der Waals surface area contributed by atoms with Crippen LogP contribution in [0.1, 0.15) is 10.4 Å². The van der Waals surface area contributed by atoms with Gasteiger partial charge in [0.2, 0.25) is 0 Å². The van der Waals surface area contributed by atoms with Gasteiger partial charge in [-0.2, -0.15) is 0 Å². The highest BCUT2D eigenvalue weighted by Crippen LogP contribution is 2.16. The van der Waals surface area contributed by atoms with Crippen molar-refractivity contribution in [1.82, 2.24) is 15.0 Å². The lowest BCUT2D eigenvalue weighted by Crippen LogP contribution is -2.48. The van der Waals surface area contributed by atoms with Gasteiger partial charge in [-0.15, -0.1) is 0 Å². The summed E-state index contributed by atoms with van der Waals surface area (Å²) in [4.78, 5) is 15.9. The molecule has 0 saturated carbocycles. The molecule has 1 aliphatic heterocycles. The van der Waals surface area contributed by atoms with E-state index in [9.17, 15) is 4.79 Å². The summed E-state index contributed by atoms with van der Waals surface area (Å²) < 4.78 is 6.76. The molecule has 0 radical (unpaired) electrons. The summed E-state index contributed by atoms with van der Waals surface area (Å²) in [5.41, 5.74) is 1.35. The molecule has 100 valence electrons. The van der Waals surface area contributed by atoms with E-state index < -0.39 is 0 Å². The third kappa shape index (κ3) is 2.15. The molecule has 0 aliphatic carbocycles. The zero-order chi connectivity index (χ0) is 13.2. The van der Waals surface area contributed by atoms with Crippen LogP contribution in [0.15, 0.2) is 24.5 Å². The van der Waals surface area contributed by atoms with Crippen LogP contribution in [0.3, 0.4) is 0 Å². The molecule has 3 heterocycles. The van der Waals surface area contributed by atoms with Crippen molar-refractivity contribution in [3.05, 3.63) is 30.1 Å². The van der Waals surface area contributed by atoms with E-state index in [1.54, 1.807) is 6.20 Å². The first-order chi connectivity index (χ1) is 9.29. The Balaban J connectivity index is 1.97. The monoisotopic (exact) mass is 260 g/mol. The van der Waals surface area contributed by atoms with Gasteiger partial charge in [-0.05, 0) is 12.1 Å². The van der Waals surface area contributed by atoms with Crippen LogP contribution in [0, 0.1) is 0 Å². The van der Waals surface area contributed by atoms with Crippen LogP contribution in [0.5, 0.6) is 0 Å². The Labute approximate surface area is 110 Å². The van der Waals surface area contributed by atoms with Crippen molar-refractivity contribution in [3.63, 3.8) is 0 Å². The number of hydrogen-bond donors (Lipinski definition) is 1. The van der Waals surface area contributed by atoms with Crippen LogP contribution in [-0.4, -0.2) is 48.9 Å². The van der Waals surface area contributed by atoms with E-state index in [-0.39, 0.29) is 5.97 Å². The number of ether oxygens (including phenoxy) is 1. The Hall–Kier alpha value is -2.08. The van der Waals surface area contributed by atoms with Gasteiger partial charge in [-0.3, -0.25) is 0 Å². The van der Waals surface area contributed by atoms with E-state index in [1.165, 1.54) is 7.11 Å². The SMILES string of the molecule is COC(=O)c1cnc2c(ccn2N2CCNCC2)c1. The van der Waals surface area contributed by atoms with Gasteiger partial charge in [0.15, 0.2) is 5.65 Å². The molecule has 2 aromatic heterocycles. The normalized spacial score (nSPS) is 15.7. The van der Waals surface area contributed by atoms with Crippen LogP contribution in [0.2, 0.25) is 0 Å². The van der Waals surface area contributed by atoms with Crippen molar-refractivity contribution < 1.29 is 9.53 Å². The fourth-order valence-electron chi connectivity index (χ4n) is 2.34. The van der Waals surface area contributed by atoms with Crippen LogP contribution in [0.4, 0.5) is 0 Å². The maximum absolute atomic E-state index is 11.5. The van der Waals surface area contributed by atoms with E-state index in [4.69, 9.17) is 4.74 Å². The molecule has 1 N–H and O–H groups in total. The minimum Gasteiger partial charge on any atom is -0.465 e. The van der Waals surface area contributed by atoms with E-state index in [0.29, 0.717) is 5.56 Å². The number of esters is 1. The third-order valence-corrected chi connectivity index (χ3v) is 3.33. The minimum absolute atomic E-state index is 0.357. The first kappa shape index (κ1) is 12.0. The number of aromatic nitrogens is 2. The maximum atomic E-state index is 11.5. The average molecular weight is 260 g/mol. The van der Waals surface area contributed by atoms with Gasteiger partial charge in [0.1, 0.15) is 0 Å².